The van der Waals surface area contributed by atoms with E-state index in [0.717, 1.165) is 35.8 Å². The van der Waals surface area contributed by atoms with Crippen LogP contribution < -0.4 is 11.1 Å². The average molecular weight is 443 g/mol. The number of aromatic nitrogens is 1. The fraction of sp³-hybridized carbons (Fsp3) is 0.118. The molecule has 2 amide bonds. The molecule has 0 saturated carbocycles. The molecule has 152 valence electrons. The normalized spacial score (nSPS) is 12.1. The molecule has 0 saturated heterocycles. The third kappa shape index (κ3) is 4.22. The quantitative estimate of drug-likeness (QED) is 0.642. The molecule has 0 spiro atoms. The van der Waals surface area contributed by atoms with Crippen molar-refractivity contribution in [3.05, 3.63) is 53.1 Å². The summed E-state index contributed by atoms with van der Waals surface area (Å²) in [5.41, 5.74) is 2.31. The third-order valence-electron chi connectivity index (χ3n) is 3.87. The van der Waals surface area contributed by atoms with Gasteiger partial charge in [0, 0.05) is 6.26 Å². The monoisotopic (exact) mass is 443 g/mol. The summed E-state index contributed by atoms with van der Waals surface area (Å²) < 4.78 is 64.0. The lowest BCUT2D eigenvalue weighted by molar-refractivity contribution is -0.138. The number of thiazole rings is 1. The molecular formula is C17H12F3N3O4S2. The fourth-order valence-electron chi connectivity index (χ4n) is 2.61. The Labute approximate surface area is 166 Å². The number of hydrogen-bond donors (Lipinski definition) is 2. The van der Waals surface area contributed by atoms with Gasteiger partial charge in [-0.15, -0.1) is 0 Å². The van der Waals surface area contributed by atoms with Crippen LogP contribution in [-0.2, 0) is 16.0 Å². The van der Waals surface area contributed by atoms with E-state index in [-0.39, 0.29) is 10.0 Å². The highest BCUT2D eigenvalue weighted by molar-refractivity contribution is 7.90. The first-order valence-corrected chi connectivity index (χ1v) is 10.5. The molecular weight excluding hydrogens is 431 g/mol. The molecule has 3 aromatic rings. The molecule has 3 N–H and O–H groups in total. The molecule has 12 heteroatoms. The molecule has 29 heavy (non-hydrogen) atoms. The summed E-state index contributed by atoms with van der Waals surface area (Å²) >= 11 is 0.894. The van der Waals surface area contributed by atoms with Crippen LogP contribution in [-0.4, -0.2) is 31.5 Å². The SMILES string of the molecule is CS(=O)(=O)c1ccc2nc(NC(=O)c3cccc(C(N)=O)c3C(F)(F)F)sc2c1. The second-order valence-corrected chi connectivity index (χ2v) is 9.01. The van der Waals surface area contributed by atoms with E-state index in [1.807, 2.05) is 0 Å². The third-order valence-corrected chi connectivity index (χ3v) is 5.91. The lowest BCUT2D eigenvalue weighted by Gasteiger charge is -2.15. The zero-order valence-electron chi connectivity index (χ0n) is 14.6. The van der Waals surface area contributed by atoms with Crippen LogP contribution in [0.25, 0.3) is 10.2 Å². The Balaban J connectivity index is 2.01. The predicted octanol–water partition coefficient (Wildman–Crippen LogP) is 3.07. The Morgan fingerprint density at radius 2 is 1.79 bits per heavy atom. The van der Waals surface area contributed by atoms with Crippen LogP contribution in [0.15, 0.2) is 41.3 Å². The van der Waals surface area contributed by atoms with Crippen LogP contribution in [0.1, 0.15) is 26.3 Å². The largest absolute Gasteiger partial charge is 0.417 e. The Morgan fingerprint density at radius 3 is 2.38 bits per heavy atom. The lowest BCUT2D eigenvalue weighted by Crippen LogP contribution is -2.24. The fourth-order valence-corrected chi connectivity index (χ4v) is 4.23. The summed E-state index contributed by atoms with van der Waals surface area (Å²) in [5, 5.41) is 2.22. The molecule has 0 atom stereocenters. The zero-order valence-corrected chi connectivity index (χ0v) is 16.2. The maximum absolute atomic E-state index is 13.4. The number of nitrogens with one attached hydrogen (secondary N) is 1. The van der Waals surface area contributed by atoms with Gasteiger partial charge in [-0.05, 0) is 30.3 Å². The van der Waals surface area contributed by atoms with Gasteiger partial charge >= 0.3 is 6.18 Å². The molecule has 0 aliphatic heterocycles. The number of amides is 2. The predicted molar refractivity (Wildman–Crippen MR) is 101 cm³/mol. The molecule has 0 bridgehead atoms. The van der Waals surface area contributed by atoms with Crippen molar-refractivity contribution < 1.29 is 31.2 Å². The minimum absolute atomic E-state index is 0.0340. The van der Waals surface area contributed by atoms with E-state index < -0.39 is 44.5 Å². The first kappa shape index (κ1) is 20.7. The zero-order chi connectivity index (χ0) is 21.6. The lowest BCUT2D eigenvalue weighted by atomic mass is 9.99. The van der Waals surface area contributed by atoms with Gasteiger partial charge in [-0.25, -0.2) is 13.4 Å². The number of carbonyl (C=O) groups excluding carboxylic acids is 2. The number of carbonyl (C=O) groups is 2. The number of primary amides is 1. The number of anilines is 1. The maximum Gasteiger partial charge on any atom is 0.417 e. The van der Waals surface area contributed by atoms with Crippen molar-refractivity contribution in [1.29, 1.82) is 0 Å². The number of nitrogens with zero attached hydrogens (tertiary/aromatic N) is 1. The highest BCUT2D eigenvalue weighted by Crippen LogP contribution is 2.35. The van der Waals surface area contributed by atoms with Gasteiger partial charge in [-0.2, -0.15) is 13.2 Å². The van der Waals surface area contributed by atoms with Crippen molar-refractivity contribution in [3.8, 4) is 0 Å². The van der Waals surface area contributed by atoms with E-state index in [1.165, 1.54) is 18.2 Å². The summed E-state index contributed by atoms with van der Waals surface area (Å²) in [4.78, 5) is 27.9. The van der Waals surface area contributed by atoms with Gasteiger partial charge in [0.1, 0.15) is 0 Å². The number of fused-ring (bicyclic) bond motifs is 1. The second-order valence-electron chi connectivity index (χ2n) is 5.96. The van der Waals surface area contributed by atoms with E-state index >= 15 is 0 Å². The first-order valence-electron chi connectivity index (χ1n) is 7.80. The van der Waals surface area contributed by atoms with Gasteiger partial charge in [0.25, 0.3) is 5.91 Å². The van der Waals surface area contributed by atoms with Crippen LogP contribution in [0.5, 0.6) is 0 Å². The van der Waals surface area contributed by atoms with Crippen LogP contribution in [0, 0.1) is 0 Å². The van der Waals surface area contributed by atoms with Crippen LogP contribution >= 0.6 is 11.3 Å². The molecule has 3 rings (SSSR count). The number of nitrogens with two attached hydrogens (primary N) is 1. The summed E-state index contributed by atoms with van der Waals surface area (Å²) in [5.74, 6) is -2.46. The molecule has 0 fully saturated rings. The number of hydrogen-bond acceptors (Lipinski definition) is 6. The van der Waals surface area contributed by atoms with Gasteiger partial charge in [0.2, 0.25) is 5.91 Å². The highest BCUT2D eigenvalue weighted by atomic mass is 32.2. The molecule has 7 nitrogen and oxygen atoms in total. The minimum atomic E-state index is -4.99. The molecule has 1 heterocycles. The van der Waals surface area contributed by atoms with Crippen molar-refractivity contribution in [2.24, 2.45) is 5.73 Å². The number of sulfone groups is 1. The van der Waals surface area contributed by atoms with Gasteiger partial charge in [-0.1, -0.05) is 17.4 Å². The van der Waals surface area contributed by atoms with Gasteiger partial charge in [0.05, 0.1) is 31.8 Å². The molecule has 2 aromatic carbocycles. The number of rotatable bonds is 4. The van der Waals surface area contributed by atoms with Crippen molar-refractivity contribution in [2.45, 2.75) is 11.1 Å². The Kier molecular flexibility index (Phi) is 5.09. The molecule has 0 aliphatic rings. The van der Waals surface area contributed by atoms with Crippen molar-refractivity contribution in [2.75, 3.05) is 11.6 Å². The number of alkyl halides is 3. The molecule has 1 aromatic heterocycles. The van der Waals surface area contributed by atoms with Crippen molar-refractivity contribution >= 4 is 48.3 Å². The van der Waals surface area contributed by atoms with E-state index in [0.29, 0.717) is 10.2 Å². The van der Waals surface area contributed by atoms with Crippen molar-refractivity contribution in [1.82, 2.24) is 4.98 Å². The van der Waals surface area contributed by atoms with E-state index in [2.05, 4.69) is 10.3 Å². The smallest absolute Gasteiger partial charge is 0.366 e. The van der Waals surface area contributed by atoms with Gasteiger partial charge in [-0.3, -0.25) is 14.9 Å². The molecule has 0 unspecified atom stereocenters. The Hall–Kier alpha value is -2.99. The summed E-state index contributed by atoms with van der Waals surface area (Å²) in [7, 11) is -3.46. The summed E-state index contributed by atoms with van der Waals surface area (Å²) in [6, 6.07) is 7.02. The topological polar surface area (TPSA) is 119 Å². The van der Waals surface area contributed by atoms with Crippen molar-refractivity contribution in [3.63, 3.8) is 0 Å². The van der Waals surface area contributed by atoms with Crippen LogP contribution in [0.2, 0.25) is 0 Å². The number of halogens is 3. The summed E-state index contributed by atoms with van der Waals surface area (Å²) in [6.45, 7) is 0. The molecule has 0 radical (unpaired) electrons. The highest BCUT2D eigenvalue weighted by Gasteiger charge is 2.39. The van der Waals surface area contributed by atoms with Crippen LogP contribution in [0.3, 0.4) is 0 Å². The maximum atomic E-state index is 13.4. The van der Waals surface area contributed by atoms with Crippen LogP contribution in [0.4, 0.5) is 18.3 Å². The van der Waals surface area contributed by atoms with Gasteiger partial charge < -0.3 is 5.73 Å². The minimum Gasteiger partial charge on any atom is -0.366 e. The van der Waals surface area contributed by atoms with E-state index in [1.54, 1.807) is 0 Å². The number of benzene rings is 2. The van der Waals surface area contributed by atoms with E-state index in [4.69, 9.17) is 5.73 Å². The van der Waals surface area contributed by atoms with E-state index in [9.17, 15) is 31.2 Å². The standard InChI is InChI=1S/C17H12F3N3O4S2/c1-29(26,27)8-5-6-11-12(7-8)28-16(22-11)23-15(25)10-4-2-3-9(14(21)24)13(10)17(18,19)20/h2-7H,1H3,(H2,21,24)(H,22,23,25). The van der Waals surface area contributed by atoms with Gasteiger partial charge in [0.15, 0.2) is 15.0 Å². The molecule has 0 aliphatic carbocycles. The summed E-state index contributed by atoms with van der Waals surface area (Å²) in [6.07, 6.45) is -3.96. The first-order chi connectivity index (χ1) is 13.4. The average Bonchev–Trinajstić information content (AvgIpc) is 3.00. The Morgan fingerprint density at radius 1 is 1.14 bits per heavy atom. The second kappa shape index (κ2) is 7.12. The Bertz CT molecular complexity index is 1250.